The lowest BCUT2D eigenvalue weighted by Gasteiger charge is -2.29. The molecule has 1 saturated carbocycles. The molecule has 1 nitrogen and oxygen atoms in total. The fourth-order valence-corrected chi connectivity index (χ4v) is 5.81. The molecular formula is C32H37F5O. The molecule has 4 rings (SSSR count). The number of fused-ring (bicyclic) bond motifs is 1. The van der Waals surface area contributed by atoms with Gasteiger partial charge in [0.2, 0.25) is 0 Å². The summed E-state index contributed by atoms with van der Waals surface area (Å²) in [4.78, 5) is 0. The van der Waals surface area contributed by atoms with Crippen LogP contribution in [0.1, 0.15) is 93.7 Å². The van der Waals surface area contributed by atoms with E-state index in [4.69, 9.17) is 0 Å². The third-order valence-electron chi connectivity index (χ3n) is 8.00. The zero-order chi connectivity index (χ0) is 27.1. The van der Waals surface area contributed by atoms with Crippen LogP contribution in [-0.4, -0.2) is 6.36 Å². The largest absolute Gasteiger partial charge is 0.573 e. The summed E-state index contributed by atoms with van der Waals surface area (Å²) in [6, 6.07) is 13.1. The van der Waals surface area contributed by atoms with Crippen molar-refractivity contribution in [2.75, 3.05) is 0 Å². The lowest BCUT2D eigenvalue weighted by molar-refractivity contribution is -0.275. The fraction of sp³-hybridized carbons (Fsp3) is 0.500. The third kappa shape index (κ3) is 7.70. The molecule has 1 fully saturated rings. The molecule has 0 bridgehead atoms. The van der Waals surface area contributed by atoms with Crippen LogP contribution in [-0.2, 0) is 12.8 Å². The second-order valence-electron chi connectivity index (χ2n) is 10.8. The van der Waals surface area contributed by atoms with Crippen LogP contribution in [0.15, 0.2) is 48.5 Å². The van der Waals surface area contributed by atoms with Crippen molar-refractivity contribution in [3.05, 3.63) is 76.9 Å². The van der Waals surface area contributed by atoms with Gasteiger partial charge in [-0.15, -0.1) is 13.2 Å². The molecule has 0 atom stereocenters. The van der Waals surface area contributed by atoms with E-state index < -0.39 is 17.9 Å². The Morgan fingerprint density at radius 3 is 2.29 bits per heavy atom. The van der Waals surface area contributed by atoms with Gasteiger partial charge in [0, 0.05) is 5.39 Å². The number of aryl methyl sites for hydroxylation is 2. The number of alkyl halides is 3. The lowest BCUT2D eigenvalue weighted by Crippen LogP contribution is -2.18. The van der Waals surface area contributed by atoms with E-state index in [1.807, 2.05) is 12.1 Å². The Morgan fingerprint density at radius 2 is 1.58 bits per heavy atom. The first-order valence-corrected chi connectivity index (χ1v) is 14.0. The van der Waals surface area contributed by atoms with E-state index >= 15 is 4.39 Å². The Hall–Kier alpha value is -2.63. The van der Waals surface area contributed by atoms with E-state index in [2.05, 4.69) is 23.8 Å². The summed E-state index contributed by atoms with van der Waals surface area (Å²) < 4.78 is 70.0. The molecule has 206 valence electrons. The van der Waals surface area contributed by atoms with Gasteiger partial charge in [0.25, 0.3) is 0 Å². The van der Waals surface area contributed by atoms with Crippen LogP contribution in [0, 0.1) is 17.6 Å². The van der Waals surface area contributed by atoms with Crippen LogP contribution in [0.25, 0.3) is 10.8 Å². The van der Waals surface area contributed by atoms with Crippen molar-refractivity contribution in [1.29, 1.82) is 0 Å². The predicted molar refractivity (Wildman–Crippen MR) is 142 cm³/mol. The average molecular weight is 533 g/mol. The first kappa shape index (κ1) is 28.4. The smallest absolute Gasteiger partial charge is 0.403 e. The highest BCUT2D eigenvalue weighted by Gasteiger charge is 2.32. The predicted octanol–water partition coefficient (Wildman–Crippen LogP) is 10.4. The molecule has 0 radical (unpaired) electrons. The monoisotopic (exact) mass is 532 g/mol. The summed E-state index contributed by atoms with van der Waals surface area (Å²) in [7, 11) is 0. The molecule has 0 unspecified atom stereocenters. The Labute approximate surface area is 222 Å². The number of benzene rings is 3. The van der Waals surface area contributed by atoms with Crippen LogP contribution in [0.2, 0.25) is 0 Å². The van der Waals surface area contributed by atoms with Crippen molar-refractivity contribution >= 4 is 10.8 Å². The van der Waals surface area contributed by atoms with Gasteiger partial charge in [0.05, 0.1) is 0 Å². The van der Waals surface area contributed by atoms with Gasteiger partial charge in [0.1, 0.15) is 5.82 Å². The van der Waals surface area contributed by atoms with Gasteiger partial charge in [-0.3, -0.25) is 0 Å². The summed E-state index contributed by atoms with van der Waals surface area (Å²) in [5.74, 6) is -0.886. The average Bonchev–Trinajstić information content (AvgIpc) is 2.89. The molecule has 0 saturated heterocycles. The zero-order valence-corrected chi connectivity index (χ0v) is 22.1. The summed E-state index contributed by atoms with van der Waals surface area (Å²) in [6.07, 6.45) is 8.60. The number of rotatable bonds is 11. The van der Waals surface area contributed by atoms with E-state index in [9.17, 15) is 17.6 Å². The summed E-state index contributed by atoms with van der Waals surface area (Å²) >= 11 is 0. The van der Waals surface area contributed by atoms with Gasteiger partial charge in [0.15, 0.2) is 11.6 Å². The number of unbranched alkanes of at least 4 members (excludes halogenated alkanes) is 4. The maximum absolute atomic E-state index is 15.3. The molecule has 0 N–H and O–H groups in total. The lowest BCUT2D eigenvalue weighted by atomic mass is 9.76. The molecule has 1 aliphatic rings. The molecule has 3 aromatic rings. The van der Waals surface area contributed by atoms with Crippen LogP contribution in [0.4, 0.5) is 22.0 Å². The minimum absolute atomic E-state index is 0.293. The van der Waals surface area contributed by atoms with Crippen molar-refractivity contribution in [2.24, 2.45) is 5.92 Å². The molecule has 6 heteroatoms. The minimum Gasteiger partial charge on any atom is -0.403 e. The van der Waals surface area contributed by atoms with Crippen LogP contribution < -0.4 is 4.74 Å². The molecule has 1 aliphatic carbocycles. The molecule has 0 aromatic heterocycles. The maximum Gasteiger partial charge on any atom is 0.573 e. The van der Waals surface area contributed by atoms with E-state index in [0.717, 1.165) is 23.4 Å². The fourth-order valence-electron chi connectivity index (χ4n) is 5.81. The first-order valence-electron chi connectivity index (χ1n) is 14.0. The first-order chi connectivity index (χ1) is 18.2. The topological polar surface area (TPSA) is 9.23 Å². The Balaban J connectivity index is 1.34. The zero-order valence-electron chi connectivity index (χ0n) is 22.1. The highest BCUT2D eigenvalue weighted by molar-refractivity contribution is 5.84. The molecule has 38 heavy (non-hydrogen) atoms. The van der Waals surface area contributed by atoms with Gasteiger partial charge in [-0.2, -0.15) is 0 Å². The minimum atomic E-state index is -4.95. The second-order valence-corrected chi connectivity index (χ2v) is 10.8. The van der Waals surface area contributed by atoms with E-state index in [-0.39, 0.29) is 5.82 Å². The molecule has 0 spiro atoms. The summed E-state index contributed by atoms with van der Waals surface area (Å²) in [6.45, 7) is 2.25. The number of hydrogen-bond acceptors (Lipinski definition) is 1. The third-order valence-corrected chi connectivity index (χ3v) is 8.00. The standard InChI is InChI=1S/C32H37F5O/c1-2-3-4-5-6-7-22-8-12-24(13-9-22)26-17-18-28-27(21-26)16-15-25(31(28)34)14-10-23-11-19-30(29(33)20-23)38-32(35,36)37/h11,15-22,24H,2-10,12-14H2,1H3. The molecular weight excluding hydrogens is 495 g/mol. The van der Waals surface area contributed by atoms with E-state index in [0.29, 0.717) is 35.3 Å². The highest BCUT2D eigenvalue weighted by atomic mass is 19.4. The van der Waals surface area contributed by atoms with Gasteiger partial charge >= 0.3 is 6.36 Å². The molecule has 3 aromatic carbocycles. The summed E-state index contributed by atoms with van der Waals surface area (Å²) in [5.41, 5.74) is 2.26. The normalized spacial score (nSPS) is 18.2. The quantitative estimate of drug-likeness (QED) is 0.176. The molecule has 0 amide bonds. The number of ether oxygens (including phenoxy) is 1. The maximum atomic E-state index is 15.3. The van der Waals surface area contributed by atoms with Gasteiger partial charge in [-0.1, -0.05) is 81.8 Å². The van der Waals surface area contributed by atoms with Crippen molar-refractivity contribution in [1.82, 2.24) is 0 Å². The van der Waals surface area contributed by atoms with Crippen LogP contribution in [0.5, 0.6) is 5.75 Å². The van der Waals surface area contributed by atoms with Crippen molar-refractivity contribution in [3.8, 4) is 5.75 Å². The van der Waals surface area contributed by atoms with Crippen molar-refractivity contribution in [2.45, 2.75) is 96.3 Å². The van der Waals surface area contributed by atoms with Crippen LogP contribution in [0.3, 0.4) is 0 Å². The molecule has 0 heterocycles. The summed E-state index contributed by atoms with van der Waals surface area (Å²) in [5, 5.41) is 1.44. The van der Waals surface area contributed by atoms with Crippen molar-refractivity contribution < 1.29 is 26.7 Å². The Morgan fingerprint density at radius 1 is 0.816 bits per heavy atom. The number of halogens is 5. The molecule has 0 aliphatic heterocycles. The highest BCUT2D eigenvalue weighted by Crippen LogP contribution is 2.39. The van der Waals surface area contributed by atoms with E-state index in [1.54, 1.807) is 6.07 Å². The SMILES string of the molecule is CCCCCCCC1CCC(c2ccc3c(F)c(CCc4ccc(OC(F)(F)F)c(F)c4)ccc3c2)CC1. The Kier molecular flexibility index (Phi) is 9.67. The van der Waals surface area contributed by atoms with Gasteiger partial charge in [-0.25, -0.2) is 8.78 Å². The van der Waals surface area contributed by atoms with Crippen LogP contribution >= 0.6 is 0 Å². The number of hydrogen-bond donors (Lipinski definition) is 0. The second kappa shape index (κ2) is 12.9. The Bertz CT molecular complexity index is 1190. The van der Waals surface area contributed by atoms with Gasteiger partial charge in [-0.05, 0) is 84.6 Å². The van der Waals surface area contributed by atoms with Crippen molar-refractivity contribution in [3.63, 3.8) is 0 Å². The van der Waals surface area contributed by atoms with Gasteiger partial charge < -0.3 is 4.74 Å². The van der Waals surface area contributed by atoms with E-state index in [1.165, 1.54) is 75.8 Å².